The van der Waals surface area contributed by atoms with E-state index < -0.39 is 0 Å². The molecule has 0 radical (unpaired) electrons. The summed E-state index contributed by atoms with van der Waals surface area (Å²) in [6.45, 7) is 5.74. The minimum absolute atomic E-state index is 0.654. The smallest absolute Gasteiger partial charge is 0.0112 e. The minimum Gasteiger partial charge on any atom is -0.303 e. The van der Waals surface area contributed by atoms with Crippen molar-refractivity contribution in [1.29, 1.82) is 0 Å². The molecule has 0 amide bonds. The van der Waals surface area contributed by atoms with E-state index in [1.807, 2.05) is 23.1 Å². The summed E-state index contributed by atoms with van der Waals surface area (Å²) in [7, 11) is 2.23. The monoisotopic (exact) mass is 243 g/mol. The van der Waals surface area contributed by atoms with Gasteiger partial charge < -0.3 is 4.90 Å². The predicted molar refractivity (Wildman–Crippen MR) is 73.1 cm³/mol. The molecule has 1 nitrogen and oxygen atoms in total. The van der Waals surface area contributed by atoms with Gasteiger partial charge in [0.1, 0.15) is 0 Å². The number of hydrogen-bond donors (Lipinski definition) is 0. The Bertz CT molecular complexity index is 246. The topological polar surface area (TPSA) is 3.24 Å². The van der Waals surface area contributed by atoms with Crippen molar-refractivity contribution in [3.8, 4) is 0 Å². The molecular formula is C12H21NS2. The zero-order chi connectivity index (χ0) is 11.1. The molecule has 1 rings (SSSR count). The van der Waals surface area contributed by atoms with Crippen molar-refractivity contribution < 1.29 is 0 Å². The maximum absolute atomic E-state index is 2.46. The molecule has 0 aliphatic heterocycles. The van der Waals surface area contributed by atoms with Gasteiger partial charge in [-0.3, -0.25) is 0 Å². The van der Waals surface area contributed by atoms with Crippen LogP contribution in [0.25, 0.3) is 0 Å². The van der Waals surface area contributed by atoms with Crippen LogP contribution in [0.3, 0.4) is 0 Å². The second-order valence-corrected chi connectivity index (χ2v) is 6.24. The van der Waals surface area contributed by atoms with Crippen LogP contribution in [0.5, 0.6) is 0 Å². The fourth-order valence-electron chi connectivity index (χ4n) is 1.45. The van der Waals surface area contributed by atoms with E-state index in [0.717, 1.165) is 0 Å². The van der Waals surface area contributed by atoms with Gasteiger partial charge in [0, 0.05) is 23.2 Å². The molecule has 15 heavy (non-hydrogen) atoms. The highest BCUT2D eigenvalue weighted by Gasteiger charge is 2.09. The molecule has 1 aromatic rings. The van der Waals surface area contributed by atoms with Gasteiger partial charge in [0.2, 0.25) is 0 Å². The highest BCUT2D eigenvalue weighted by molar-refractivity contribution is 7.99. The lowest BCUT2D eigenvalue weighted by molar-refractivity contribution is 0.273. The first-order chi connectivity index (χ1) is 7.24. The molecule has 3 heteroatoms. The summed E-state index contributed by atoms with van der Waals surface area (Å²) in [5, 5.41) is 2.16. The number of rotatable bonds is 7. The third-order valence-corrected chi connectivity index (χ3v) is 4.40. The fourth-order valence-corrected chi connectivity index (χ4v) is 2.98. The van der Waals surface area contributed by atoms with Crippen molar-refractivity contribution in [3.63, 3.8) is 0 Å². The second kappa shape index (κ2) is 7.31. The van der Waals surface area contributed by atoms with E-state index in [1.54, 1.807) is 0 Å². The van der Waals surface area contributed by atoms with Gasteiger partial charge in [-0.25, -0.2) is 0 Å². The van der Waals surface area contributed by atoms with Gasteiger partial charge in [-0.05, 0) is 37.6 Å². The molecule has 0 aliphatic rings. The molecule has 1 unspecified atom stereocenters. The van der Waals surface area contributed by atoms with Crippen LogP contribution in [0.15, 0.2) is 17.5 Å². The van der Waals surface area contributed by atoms with Gasteiger partial charge in [0.15, 0.2) is 0 Å². The average molecular weight is 243 g/mol. The Kier molecular flexibility index (Phi) is 6.37. The third-order valence-electron chi connectivity index (χ3n) is 2.62. The van der Waals surface area contributed by atoms with E-state index in [2.05, 4.69) is 43.3 Å². The van der Waals surface area contributed by atoms with Crippen molar-refractivity contribution in [2.75, 3.05) is 25.1 Å². The number of hydrogen-bond acceptors (Lipinski definition) is 3. The number of nitrogens with zero attached hydrogens (tertiary/aromatic N) is 1. The Morgan fingerprint density at radius 1 is 1.53 bits per heavy atom. The first-order valence-corrected chi connectivity index (χ1v) is 7.57. The van der Waals surface area contributed by atoms with Gasteiger partial charge in [0.25, 0.3) is 0 Å². The molecule has 1 aromatic heterocycles. The Morgan fingerprint density at radius 2 is 2.33 bits per heavy atom. The lowest BCUT2D eigenvalue weighted by atomic mass is 10.2. The first-order valence-electron chi connectivity index (χ1n) is 5.54. The molecule has 0 saturated carbocycles. The fraction of sp³-hybridized carbons (Fsp3) is 0.667. The van der Waals surface area contributed by atoms with Gasteiger partial charge in [-0.1, -0.05) is 13.0 Å². The lowest BCUT2D eigenvalue weighted by Crippen LogP contribution is -2.32. The quantitative estimate of drug-likeness (QED) is 0.676. The van der Waals surface area contributed by atoms with E-state index in [0.29, 0.717) is 6.04 Å². The van der Waals surface area contributed by atoms with Gasteiger partial charge >= 0.3 is 0 Å². The van der Waals surface area contributed by atoms with E-state index in [-0.39, 0.29) is 0 Å². The van der Waals surface area contributed by atoms with Crippen LogP contribution in [0.2, 0.25) is 0 Å². The summed E-state index contributed by atoms with van der Waals surface area (Å²) in [5.41, 5.74) is 0. The number of likely N-dealkylation sites (N-methyl/N-ethyl adjacent to an activating group) is 1. The Balaban J connectivity index is 2.23. The van der Waals surface area contributed by atoms with Crippen molar-refractivity contribution in [1.82, 2.24) is 4.90 Å². The normalized spacial score (nSPS) is 13.3. The van der Waals surface area contributed by atoms with Gasteiger partial charge in [-0.2, -0.15) is 11.8 Å². The standard InChI is InChI=1S/C12H21NS2/c1-4-14-9-7-13(3)11(2)10-12-6-5-8-15-12/h5-6,8,11H,4,7,9-10H2,1-3H3. The first kappa shape index (κ1) is 13.1. The maximum atomic E-state index is 2.46. The molecule has 0 spiro atoms. The highest BCUT2D eigenvalue weighted by Crippen LogP contribution is 2.13. The van der Waals surface area contributed by atoms with Crippen LogP contribution in [-0.2, 0) is 6.42 Å². The SMILES string of the molecule is CCSCCN(C)C(C)Cc1cccs1. The van der Waals surface area contributed by atoms with Crippen LogP contribution >= 0.6 is 23.1 Å². The van der Waals surface area contributed by atoms with Crippen LogP contribution in [-0.4, -0.2) is 36.0 Å². The number of thiophene rings is 1. The van der Waals surface area contributed by atoms with E-state index in [9.17, 15) is 0 Å². The molecule has 86 valence electrons. The van der Waals surface area contributed by atoms with Crippen molar-refractivity contribution in [3.05, 3.63) is 22.4 Å². The molecule has 0 aromatic carbocycles. The molecule has 0 saturated heterocycles. The number of thioether (sulfide) groups is 1. The van der Waals surface area contributed by atoms with Crippen LogP contribution in [0, 0.1) is 0 Å². The van der Waals surface area contributed by atoms with Crippen LogP contribution in [0.1, 0.15) is 18.7 Å². The predicted octanol–water partition coefficient (Wildman–Crippen LogP) is 3.36. The van der Waals surface area contributed by atoms with Crippen LogP contribution < -0.4 is 0 Å². The third kappa shape index (κ3) is 5.05. The van der Waals surface area contributed by atoms with E-state index >= 15 is 0 Å². The zero-order valence-electron chi connectivity index (χ0n) is 9.90. The molecule has 0 N–H and O–H groups in total. The lowest BCUT2D eigenvalue weighted by Gasteiger charge is -2.23. The minimum atomic E-state index is 0.654. The van der Waals surface area contributed by atoms with E-state index in [4.69, 9.17) is 0 Å². The maximum Gasteiger partial charge on any atom is 0.0112 e. The molecular weight excluding hydrogens is 222 g/mol. The summed E-state index contributed by atoms with van der Waals surface area (Å²) < 4.78 is 0. The largest absolute Gasteiger partial charge is 0.303 e. The van der Waals surface area contributed by atoms with Gasteiger partial charge in [0.05, 0.1) is 0 Å². The summed E-state index contributed by atoms with van der Waals surface area (Å²) in [6.07, 6.45) is 1.19. The van der Waals surface area contributed by atoms with E-state index in [1.165, 1.54) is 29.3 Å². The van der Waals surface area contributed by atoms with Gasteiger partial charge in [-0.15, -0.1) is 11.3 Å². The molecule has 0 bridgehead atoms. The summed E-state index contributed by atoms with van der Waals surface area (Å²) in [4.78, 5) is 3.96. The summed E-state index contributed by atoms with van der Waals surface area (Å²) in [5.74, 6) is 2.48. The van der Waals surface area contributed by atoms with Crippen molar-refractivity contribution >= 4 is 23.1 Å². The Labute approximate surface area is 102 Å². The second-order valence-electron chi connectivity index (χ2n) is 3.81. The Hall–Kier alpha value is 0.01000. The molecule has 0 aliphatic carbocycles. The molecule has 0 fully saturated rings. The van der Waals surface area contributed by atoms with Crippen molar-refractivity contribution in [2.45, 2.75) is 26.3 Å². The van der Waals surface area contributed by atoms with Crippen molar-refractivity contribution in [2.24, 2.45) is 0 Å². The summed E-state index contributed by atoms with van der Waals surface area (Å²) >= 11 is 3.89. The average Bonchev–Trinajstić information content (AvgIpc) is 2.70. The molecule has 1 atom stereocenters. The Morgan fingerprint density at radius 3 is 2.93 bits per heavy atom. The van der Waals surface area contributed by atoms with Crippen LogP contribution in [0.4, 0.5) is 0 Å². The highest BCUT2D eigenvalue weighted by atomic mass is 32.2. The summed E-state index contributed by atoms with van der Waals surface area (Å²) in [6, 6.07) is 5.02. The zero-order valence-corrected chi connectivity index (χ0v) is 11.5. The molecule has 1 heterocycles.